The Hall–Kier alpha value is -12.3. The molecule has 4 aliphatic rings. The molecule has 0 atom stereocenters. The van der Waals surface area contributed by atoms with E-state index < -0.39 is 7.12 Å². The molecule has 0 aliphatic heterocycles. The van der Waals surface area contributed by atoms with Crippen LogP contribution in [0.25, 0.3) is 121 Å². The fourth-order valence-corrected chi connectivity index (χ4v) is 17.7. The van der Waals surface area contributed by atoms with Crippen LogP contribution in [0.2, 0.25) is 0 Å². The van der Waals surface area contributed by atoms with Crippen LogP contribution in [0.5, 0.6) is 0 Å². The molecule has 4 aliphatic carbocycles. The zero-order valence-corrected chi connectivity index (χ0v) is 59.5. The Morgan fingerprint density at radius 2 is 0.679 bits per heavy atom. The maximum absolute atomic E-state index is 9.63. The maximum atomic E-state index is 9.63. The predicted molar refractivity (Wildman–Crippen MR) is 443 cm³/mol. The second-order valence-corrected chi connectivity index (χ2v) is 29.4. The quantitative estimate of drug-likeness (QED) is 0.133. The number of hydrogen-bond donors (Lipinski definition) is 2. The molecule has 0 bridgehead atoms. The minimum atomic E-state index is -1.52. The number of furan rings is 2. The summed E-state index contributed by atoms with van der Waals surface area (Å²) in [6, 6.07) is 124. The van der Waals surface area contributed by atoms with E-state index in [0.29, 0.717) is 5.46 Å². The van der Waals surface area contributed by atoms with Crippen LogP contribution in [0.3, 0.4) is 0 Å². The monoisotopic (exact) mass is 1430 g/mol. The van der Waals surface area contributed by atoms with E-state index >= 15 is 0 Å². The van der Waals surface area contributed by atoms with Crippen LogP contribution in [0.1, 0.15) is 47.9 Å². The molecule has 504 valence electrons. The van der Waals surface area contributed by atoms with Crippen LogP contribution in [-0.4, -0.2) is 17.2 Å². The van der Waals surface area contributed by atoms with E-state index in [1.807, 2.05) is 72.8 Å². The van der Waals surface area contributed by atoms with Gasteiger partial charge in [-0.1, -0.05) is 289 Å². The van der Waals surface area contributed by atoms with Crippen molar-refractivity contribution in [2.75, 3.05) is 9.80 Å². The first kappa shape index (κ1) is 63.4. The average molecular weight is 1430 g/mol. The molecule has 106 heavy (non-hydrogen) atoms. The molecule has 2 spiro atoms. The number of halogens is 1. The molecular formula is C98H68BBrN2O4. The van der Waals surface area contributed by atoms with E-state index in [1.54, 1.807) is 12.1 Å². The fraction of sp³-hybridized carbons (Fsp3) is 0.0612. The average Bonchev–Trinajstić information content (AvgIpc) is 1.52. The van der Waals surface area contributed by atoms with Gasteiger partial charge in [0.2, 0.25) is 0 Å². The number of anilines is 6. The maximum Gasteiger partial charge on any atom is 0.488 e. The lowest BCUT2D eigenvalue weighted by molar-refractivity contribution is 0.426. The lowest BCUT2D eigenvalue weighted by Gasteiger charge is -2.30. The van der Waals surface area contributed by atoms with Crippen LogP contribution in [0.15, 0.2) is 365 Å². The highest BCUT2D eigenvalue weighted by Crippen LogP contribution is 2.63. The summed E-state index contributed by atoms with van der Waals surface area (Å²) in [5, 5.41) is 29.2. The number of hydrogen-bond acceptors (Lipinski definition) is 6. The number of nitrogens with zero attached hydrogens (tertiary/aromatic N) is 2. The van der Waals surface area contributed by atoms with Gasteiger partial charge in [-0.25, -0.2) is 0 Å². The SMILES string of the molecule is Brc1ccc2c(c1)C1(CC1)c1cccc3cccc-2c13.OB(O)c1ccc(N(c2ccccc2-c2ccccc2)c2cccc3c2oc2ccccc23)cc1.c1ccc(-c2ccccc2N(c2ccc(-c3ccc4c(c3)C3(CC3)c3cccc5cccc-4c35)cc2)c2cccc3c2oc2ccccc23)cc1. The van der Waals surface area contributed by atoms with Crippen molar-refractivity contribution < 1.29 is 18.9 Å². The molecular weight excluding hydrogens is 1360 g/mol. The first-order valence-corrected chi connectivity index (χ1v) is 37.3. The smallest absolute Gasteiger partial charge is 0.454 e. The first-order valence-electron chi connectivity index (χ1n) is 36.5. The molecule has 2 saturated carbocycles. The predicted octanol–water partition coefficient (Wildman–Crippen LogP) is 25.7. The van der Waals surface area contributed by atoms with Crippen LogP contribution >= 0.6 is 15.9 Å². The van der Waals surface area contributed by atoms with Crippen LogP contribution in [-0.2, 0) is 10.8 Å². The van der Waals surface area contributed by atoms with Crippen molar-refractivity contribution in [1.29, 1.82) is 0 Å². The van der Waals surface area contributed by atoms with Gasteiger partial charge >= 0.3 is 7.12 Å². The summed E-state index contributed by atoms with van der Waals surface area (Å²) in [7, 11) is -1.52. The third-order valence-corrected chi connectivity index (χ3v) is 23.1. The summed E-state index contributed by atoms with van der Waals surface area (Å²) in [5.41, 5.74) is 28.8. The Balaban J connectivity index is 0.000000116. The molecule has 18 aromatic rings. The number of rotatable bonds is 10. The molecule has 2 N–H and O–H groups in total. The van der Waals surface area contributed by atoms with Gasteiger partial charge in [-0.2, -0.15) is 0 Å². The molecule has 2 aromatic heterocycles. The second kappa shape index (κ2) is 25.5. The van der Waals surface area contributed by atoms with E-state index in [2.05, 4.69) is 293 Å². The Kier molecular flexibility index (Phi) is 15.3. The van der Waals surface area contributed by atoms with E-state index in [4.69, 9.17) is 8.83 Å². The number of fused-ring (bicyclic) bond motifs is 14. The van der Waals surface area contributed by atoms with Crippen molar-refractivity contribution in [3.05, 3.63) is 379 Å². The highest BCUT2D eigenvalue weighted by Gasteiger charge is 2.51. The van der Waals surface area contributed by atoms with Crippen molar-refractivity contribution in [2.45, 2.75) is 36.5 Å². The van der Waals surface area contributed by atoms with Crippen molar-refractivity contribution in [3.8, 4) is 55.6 Å². The van der Waals surface area contributed by atoms with Crippen LogP contribution in [0.4, 0.5) is 34.1 Å². The van der Waals surface area contributed by atoms with Gasteiger partial charge in [-0.05, 0) is 198 Å². The van der Waals surface area contributed by atoms with E-state index in [-0.39, 0.29) is 10.8 Å². The second-order valence-electron chi connectivity index (χ2n) is 28.5. The molecule has 0 amide bonds. The van der Waals surface area contributed by atoms with Crippen molar-refractivity contribution >= 4 is 128 Å². The Morgan fingerprint density at radius 3 is 1.17 bits per heavy atom. The Morgan fingerprint density at radius 1 is 0.292 bits per heavy atom. The molecule has 16 aromatic carbocycles. The van der Waals surface area contributed by atoms with Gasteiger partial charge in [0, 0.05) is 59.3 Å². The van der Waals surface area contributed by atoms with Crippen LogP contribution < -0.4 is 15.3 Å². The zero-order valence-electron chi connectivity index (χ0n) is 57.9. The fourth-order valence-electron chi connectivity index (χ4n) is 17.3. The van der Waals surface area contributed by atoms with Gasteiger partial charge in [0.25, 0.3) is 0 Å². The zero-order chi connectivity index (χ0) is 70.6. The Labute approximate surface area is 623 Å². The van der Waals surface area contributed by atoms with Gasteiger partial charge in [0.15, 0.2) is 11.2 Å². The third kappa shape index (κ3) is 10.5. The molecule has 0 unspecified atom stereocenters. The summed E-state index contributed by atoms with van der Waals surface area (Å²) >= 11 is 3.65. The summed E-state index contributed by atoms with van der Waals surface area (Å²) in [4.78, 5) is 4.53. The van der Waals surface area contributed by atoms with Gasteiger partial charge < -0.3 is 28.7 Å². The molecule has 0 saturated heterocycles. The lowest BCUT2D eigenvalue weighted by Crippen LogP contribution is -2.29. The van der Waals surface area contributed by atoms with Gasteiger partial charge in [0.1, 0.15) is 11.2 Å². The minimum Gasteiger partial charge on any atom is -0.454 e. The highest BCUT2D eigenvalue weighted by atomic mass is 79.9. The molecule has 2 fully saturated rings. The van der Waals surface area contributed by atoms with Gasteiger partial charge in [-0.15, -0.1) is 0 Å². The molecule has 22 rings (SSSR count). The van der Waals surface area contributed by atoms with Gasteiger partial charge in [0.05, 0.1) is 22.7 Å². The largest absolute Gasteiger partial charge is 0.488 e. The minimum absolute atomic E-state index is 0.127. The summed E-state index contributed by atoms with van der Waals surface area (Å²) in [5.74, 6) is 0. The molecule has 6 nitrogen and oxygen atoms in total. The van der Waals surface area contributed by atoms with E-state index in [1.165, 1.54) is 113 Å². The van der Waals surface area contributed by atoms with Crippen molar-refractivity contribution in [3.63, 3.8) is 0 Å². The summed E-state index contributed by atoms with van der Waals surface area (Å²) in [6.45, 7) is 0. The van der Waals surface area contributed by atoms with Gasteiger partial charge in [-0.3, -0.25) is 0 Å². The molecule has 0 radical (unpaired) electrons. The molecule has 2 heterocycles. The van der Waals surface area contributed by atoms with E-state index in [0.717, 1.165) is 94.7 Å². The van der Waals surface area contributed by atoms with Crippen molar-refractivity contribution in [1.82, 2.24) is 0 Å². The van der Waals surface area contributed by atoms with Crippen molar-refractivity contribution in [2.24, 2.45) is 0 Å². The highest BCUT2D eigenvalue weighted by molar-refractivity contribution is 9.10. The summed E-state index contributed by atoms with van der Waals surface area (Å²) < 4.78 is 14.2. The molecule has 8 heteroatoms. The Bertz CT molecular complexity index is 6470. The normalized spacial score (nSPS) is 13.6. The number of para-hydroxylation sites is 6. The number of benzene rings is 16. The van der Waals surface area contributed by atoms with E-state index in [9.17, 15) is 10.0 Å². The lowest BCUT2D eigenvalue weighted by atomic mass is 9.74. The van der Waals surface area contributed by atoms with Crippen LogP contribution in [0, 0.1) is 0 Å². The third-order valence-electron chi connectivity index (χ3n) is 22.6. The standard InChI is InChI=1S/C49H33NO.C30H22BNO3.C19H13Br/c1-2-11-33(12-3-1)37-15-4-6-20-44(37)50(45-21-10-18-41-39-16-5-7-22-46(39)51-48(41)45)36-26-23-32(24-27-36)35-25-28-38-40-17-8-13-34-14-9-19-42(47(34)40)49(29-30-49)43(38)31-35;33-31(34)22-17-19-23(20-18-22)32(27-14-6-4-11-24(27)21-9-2-1-3-10-21)28-15-8-13-26-25-12-5-7-16-29(25)35-30(26)28;20-13-7-8-14-15-5-1-3-12-4-2-6-16(18(12)15)19(9-10-19)17(14)11-13/h1-28,31H,29-30H2;1-20,33-34H;1-8,11H,9-10H2. The topological polar surface area (TPSA) is 73.2 Å². The summed E-state index contributed by atoms with van der Waals surface area (Å²) in [6.07, 6.45) is 4.98. The first-order chi connectivity index (χ1) is 52.3.